The average molecular weight is 347 g/mol. The number of carbonyl (C=O) groups is 2. The van der Waals surface area contributed by atoms with Gasteiger partial charge in [0.05, 0.1) is 13.2 Å². The standard InChI is InChI=1S/C20H29NO4/c1-3-5-6-16(4-2)15-25-19-10-7-17(8-11-19)9-12-20(24)21-13-18(23)14-22/h7-12,16,22H,3-6,13-15H2,1-2H3,(H,21,24). The summed E-state index contributed by atoms with van der Waals surface area (Å²) in [5.74, 6) is 0.617. The predicted octanol–water partition coefficient (Wildman–Crippen LogP) is 2.97. The normalized spacial score (nSPS) is 12.1. The van der Waals surface area contributed by atoms with Crippen LogP contribution in [0.4, 0.5) is 0 Å². The zero-order chi connectivity index (χ0) is 18.5. The van der Waals surface area contributed by atoms with Crippen molar-refractivity contribution in [1.82, 2.24) is 5.32 Å². The number of nitrogens with one attached hydrogen (secondary N) is 1. The van der Waals surface area contributed by atoms with E-state index in [4.69, 9.17) is 9.84 Å². The first-order chi connectivity index (χ1) is 12.1. The van der Waals surface area contributed by atoms with E-state index in [9.17, 15) is 9.59 Å². The molecule has 0 radical (unpaired) electrons. The zero-order valence-electron chi connectivity index (χ0n) is 15.2. The van der Waals surface area contributed by atoms with Crippen molar-refractivity contribution in [2.75, 3.05) is 19.8 Å². The number of carbonyl (C=O) groups excluding carboxylic acids is 2. The molecule has 0 fully saturated rings. The molecule has 1 rings (SSSR count). The average Bonchev–Trinajstić information content (AvgIpc) is 2.65. The molecule has 0 saturated carbocycles. The molecule has 1 unspecified atom stereocenters. The summed E-state index contributed by atoms with van der Waals surface area (Å²) in [4.78, 5) is 22.5. The van der Waals surface area contributed by atoms with Gasteiger partial charge in [-0.2, -0.15) is 0 Å². The Morgan fingerprint density at radius 2 is 1.96 bits per heavy atom. The molecule has 1 atom stereocenters. The highest BCUT2D eigenvalue weighted by Gasteiger charge is 2.07. The van der Waals surface area contributed by atoms with Gasteiger partial charge in [0.15, 0.2) is 5.78 Å². The molecule has 5 nitrogen and oxygen atoms in total. The first-order valence-corrected chi connectivity index (χ1v) is 8.90. The van der Waals surface area contributed by atoms with E-state index in [0.29, 0.717) is 5.92 Å². The molecule has 2 N–H and O–H groups in total. The molecule has 0 heterocycles. The van der Waals surface area contributed by atoms with Gasteiger partial charge >= 0.3 is 0 Å². The topological polar surface area (TPSA) is 75.6 Å². The molecule has 0 aliphatic carbocycles. The number of Topliss-reactive ketones (excluding diaryl/α,β-unsaturated/α-hetero) is 1. The Morgan fingerprint density at radius 3 is 2.56 bits per heavy atom. The van der Waals surface area contributed by atoms with E-state index in [1.54, 1.807) is 6.08 Å². The quantitative estimate of drug-likeness (QED) is 0.570. The van der Waals surface area contributed by atoms with Gasteiger partial charge < -0.3 is 15.2 Å². The molecule has 1 aromatic rings. The van der Waals surface area contributed by atoms with E-state index in [1.807, 2.05) is 24.3 Å². The lowest BCUT2D eigenvalue weighted by Gasteiger charge is -2.15. The van der Waals surface area contributed by atoms with Gasteiger partial charge in [-0.05, 0) is 36.1 Å². The van der Waals surface area contributed by atoms with Crippen LogP contribution in [0.1, 0.15) is 45.1 Å². The van der Waals surface area contributed by atoms with E-state index in [0.717, 1.165) is 24.3 Å². The zero-order valence-corrected chi connectivity index (χ0v) is 15.2. The molecule has 25 heavy (non-hydrogen) atoms. The Kier molecular flexibility index (Phi) is 10.2. The maximum absolute atomic E-state index is 11.5. The lowest BCUT2D eigenvalue weighted by Crippen LogP contribution is -2.29. The Morgan fingerprint density at radius 1 is 1.24 bits per heavy atom. The number of hydrogen-bond acceptors (Lipinski definition) is 4. The van der Waals surface area contributed by atoms with Crippen molar-refractivity contribution < 1.29 is 19.4 Å². The summed E-state index contributed by atoms with van der Waals surface area (Å²) in [5.41, 5.74) is 0.869. The molecular weight excluding hydrogens is 318 g/mol. The van der Waals surface area contributed by atoms with Crippen LogP contribution in [-0.2, 0) is 9.59 Å². The maximum Gasteiger partial charge on any atom is 0.244 e. The fourth-order valence-corrected chi connectivity index (χ4v) is 2.26. The second kappa shape index (κ2) is 12.3. The molecule has 1 amide bonds. The number of aliphatic hydroxyl groups is 1. The third-order valence-electron chi connectivity index (χ3n) is 3.97. The second-order valence-electron chi connectivity index (χ2n) is 6.04. The fraction of sp³-hybridized carbons (Fsp3) is 0.500. The highest BCUT2D eigenvalue weighted by molar-refractivity contribution is 5.94. The highest BCUT2D eigenvalue weighted by atomic mass is 16.5. The Hall–Kier alpha value is -2.14. The van der Waals surface area contributed by atoms with Gasteiger partial charge in [-0.15, -0.1) is 0 Å². The first-order valence-electron chi connectivity index (χ1n) is 8.90. The Bertz CT molecular complexity index is 551. The van der Waals surface area contributed by atoms with Gasteiger partial charge in [0.25, 0.3) is 0 Å². The summed E-state index contributed by atoms with van der Waals surface area (Å²) in [5, 5.41) is 11.0. The number of benzene rings is 1. The summed E-state index contributed by atoms with van der Waals surface area (Å²) >= 11 is 0. The van der Waals surface area contributed by atoms with Gasteiger partial charge in [0.2, 0.25) is 5.91 Å². The number of unbranched alkanes of at least 4 members (excludes halogenated alkanes) is 1. The van der Waals surface area contributed by atoms with E-state index in [2.05, 4.69) is 19.2 Å². The molecule has 0 saturated heterocycles. The largest absolute Gasteiger partial charge is 0.493 e. The van der Waals surface area contributed by atoms with E-state index >= 15 is 0 Å². The number of rotatable bonds is 12. The van der Waals surface area contributed by atoms with Crippen LogP contribution < -0.4 is 10.1 Å². The van der Waals surface area contributed by atoms with Crippen molar-refractivity contribution in [2.24, 2.45) is 5.92 Å². The van der Waals surface area contributed by atoms with Gasteiger partial charge in [0.1, 0.15) is 12.4 Å². The van der Waals surface area contributed by atoms with Crippen molar-refractivity contribution in [3.8, 4) is 5.75 Å². The summed E-state index contributed by atoms with van der Waals surface area (Å²) in [7, 11) is 0. The molecular formula is C20H29NO4. The van der Waals surface area contributed by atoms with Crippen molar-refractivity contribution in [1.29, 1.82) is 0 Å². The second-order valence-corrected chi connectivity index (χ2v) is 6.04. The van der Waals surface area contributed by atoms with Crippen molar-refractivity contribution in [2.45, 2.75) is 39.5 Å². The maximum atomic E-state index is 11.5. The van der Waals surface area contributed by atoms with Gasteiger partial charge in [0, 0.05) is 6.08 Å². The van der Waals surface area contributed by atoms with Crippen LogP contribution >= 0.6 is 0 Å². The smallest absolute Gasteiger partial charge is 0.244 e. The molecule has 1 aromatic carbocycles. The SMILES string of the molecule is CCCCC(CC)COc1ccc(C=CC(=O)NCC(=O)CO)cc1. The van der Waals surface area contributed by atoms with Crippen LogP contribution in [0.15, 0.2) is 30.3 Å². The molecule has 0 aromatic heterocycles. The lowest BCUT2D eigenvalue weighted by molar-refractivity contribution is -0.124. The summed E-state index contributed by atoms with van der Waals surface area (Å²) in [6.07, 6.45) is 7.78. The molecule has 0 spiro atoms. The minimum atomic E-state index is -0.567. The molecule has 0 bridgehead atoms. The lowest BCUT2D eigenvalue weighted by atomic mass is 10.0. The first kappa shape index (κ1) is 20.9. The van der Waals surface area contributed by atoms with Crippen LogP contribution in [0, 0.1) is 5.92 Å². The molecule has 5 heteroatoms. The predicted molar refractivity (Wildman–Crippen MR) is 99.4 cm³/mol. The molecule has 138 valence electrons. The van der Waals surface area contributed by atoms with Crippen LogP contribution in [0.2, 0.25) is 0 Å². The van der Waals surface area contributed by atoms with Gasteiger partial charge in [-0.25, -0.2) is 0 Å². The van der Waals surface area contributed by atoms with Crippen LogP contribution in [0.3, 0.4) is 0 Å². The number of aliphatic hydroxyl groups excluding tert-OH is 1. The van der Waals surface area contributed by atoms with Crippen molar-refractivity contribution >= 4 is 17.8 Å². The van der Waals surface area contributed by atoms with Crippen molar-refractivity contribution in [3.05, 3.63) is 35.9 Å². The number of amides is 1. The number of hydrogen-bond donors (Lipinski definition) is 2. The third kappa shape index (κ3) is 9.05. The van der Waals surface area contributed by atoms with Crippen LogP contribution in [0.5, 0.6) is 5.75 Å². The van der Waals surface area contributed by atoms with E-state index in [-0.39, 0.29) is 12.5 Å². The van der Waals surface area contributed by atoms with E-state index < -0.39 is 12.4 Å². The van der Waals surface area contributed by atoms with E-state index in [1.165, 1.54) is 25.3 Å². The van der Waals surface area contributed by atoms with Crippen LogP contribution in [-0.4, -0.2) is 36.6 Å². The Labute approximate surface area is 150 Å². The number of ketones is 1. The van der Waals surface area contributed by atoms with Crippen LogP contribution in [0.25, 0.3) is 6.08 Å². The summed E-state index contributed by atoms with van der Waals surface area (Å²) < 4.78 is 5.85. The minimum absolute atomic E-state index is 0.164. The molecule has 0 aliphatic heterocycles. The monoisotopic (exact) mass is 347 g/mol. The fourth-order valence-electron chi connectivity index (χ4n) is 2.26. The summed E-state index contributed by atoms with van der Waals surface area (Å²) in [6, 6.07) is 7.54. The third-order valence-corrected chi connectivity index (χ3v) is 3.97. The van der Waals surface area contributed by atoms with Gasteiger partial charge in [-0.1, -0.05) is 45.2 Å². The minimum Gasteiger partial charge on any atom is -0.493 e. The van der Waals surface area contributed by atoms with Gasteiger partial charge in [-0.3, -0.25) is 9.59 Å². The summed E-state index contributed by atoms with van der Waals surface area (Å²) in [6.45, 7) is 4.39. The highest BCUT2D eigenvalue weighted by Crippen LogP contribution is 2.17. The molecule has 0 aliphatic rings. The van der Waals surface area contributed by atoms with Crippen molar-refractivity contribution in [3.63, 3.8) is 0 Å². The Balaban J connectivity index is 2.43. The number of ether oxygens (including phenoxy) is 1.